The van der Waals surface area contributed by atoms with E-state index >= 15 is 0 Å². The van der Waals surface area contributed by atoms with Crippen molar-refractivity contribution in [1.82, 2.24) is 19.7 Å². The van der Waals surface area contributed by atoms with Crippen molar-refractivity contribution in [3.63, 3.8) is 0 Å². The van der Waals surface area contributed by atoms with Crippen molar-refractivity contribution >= 4 is 34.5 Å². The summed E-state index contributed by atoms with van der Waals surface area (Å²) in [5.74, 6) is -4.95. The highest BCUT2D eigenvalue weighted by Gasteiger charge is 2.62. The maximum absolute atomic E-state index is 14.9. The number of aliphatic hydroxyl groups excluding tert-OH is 1. The monoisotopic (exact) mass is 824 g/mol. The number of carbonyl (C=O) groups excluding carboxylic acids is 4. The van der Waals surface area contributed by atoms with E-state index in [0.717, 1.165) is 16.5 Å². The minimum absolute atomic E-state index is 0.129. The summed E-state index contributed by atoms with van der Waals surface area (Å²) < 4.78 is 31.6. The van der Waals surface area contributed by atoms with Gasteiger partial charge in [0.05, 0.1) is 29.4 Å². The van der Waals surface area contributed by atoms with E-state index in [1.54, 1.807) is 18.7 Å². The summed E-state index contributed by atoms with van der Waals surface area (Å²) in [6.45, 7) is 15.5. The molecule has 328 valence electrons. The lowest BCUT2D eigenvalue weighted by atomic mass is 9.72. The standard InChI is InChI=1S/C45H68N4O10/c1-13-35-45(14-2)39(49(43(54)59-45)20-19-48(11)25-31-22-32-17-15-16-18-33(32)46-24-31)28(5)36(50)26(3)23-44(8,55-12)40(29(6)37(51)30(7)41(53)57-35)58-42-38(52)34(47(9)10)21-27(4)56-42/h15-18,22,24,26-30,34-35,38-40,42,52H,13-14,19-21,23,25H2,1-12H3/t26-,27-,28+,29+,30-,34+,35-,38-,39-,40-,42?,44+,45-/m1/s1. The fourth-order valence-electron chi connectivity index (χ4n) is 9.87. The molecule has 1 N–H and O–H groups in total. The smallest absolute Gasteiger partial charge is 0.410 e. The number of ether oxygens (including phenoxy) is 5. The summed E-state index contributed by atoms with van der Waals surface area (Å²) in [5.41, 5.74) is -0.718. The van der Waals surface area contributed by atoms with E-state index in [1.807, 2.05) is 91.1 Å². The van der Waals surface area contributed by atoms with Gasteiger partial charge in [-0.2, -0.15) is 0 Å². The average Bonchev–Trinajstić information content (AvgIpc) is 3.51. The molecule has 13 atom stereocenters. The normalized spacial score (nSPS) is 36.5. The number of aliphatic hydroxyl groups is 1. The van der Waals surface area contributed by atoms with Crippen molar-refractivity contribution in [1.29, 1.82) is 0 Å². The van der Waals surface area contributed by atoms with Crippen LogP contribution in [0.2, 0.25) is 0 Å². The Morgan fingerprint density at radius 1 is 1.00 bits per heavy atom. The maximum Gasteiger partial charge on any atom is 0.410 e. The molecule has 5 rings (SSSR count). The number of fused-ring (bicyclic) bond motifs is 2. The summed E-state index contributed by atoms with van der Waals surface area (Å²) in [6.07, 6.45) is -1.94. The SMILES string of the molecule is CC[C@H]1OC(=O)[C@H](C)C(=O)[C@H](C)[C@@H](OC2O[C@H](C)C[C@H](N(C)C)[C@H]2O)[C@@](C)(OC)C[C@@H](C)C(=O)[C@H](C)[C@H]2N(CCN(C)Cc3cnc4ccccc4c3)C(=O)O[C@]12CC. The minimum Gasteiger partial charge on any atom is -0.457 e. The Hall–Kier alpha value is -3.53. The Balaban J connectivity index is 1.49. The second-order valence-electron chi connectivity index (χ2n) is 17.8. The molecule has 0 radical (unpaired) electrons. The number of benzene rings is 1. The lowest BCUT2D eigenvalue weighted by Crippen LogP contribution is -2.61. The van der Waals surface area contributed by atoms with Crippen LogP contribution in [0, 0.1) is 23.7 Å². The number of likely N-dealkylation sites (N-methyl/N-ethyl adjacent to an activating group) is 2. The zero-order chi connectivity index (χ0) is 43.6. The Labute approximate surface area is 350 Å². The number of hydrogen-bond donors (Lipinski definition) is 1. The molecule has 0 bridgehead atoms. The van der Waals surface area contributed by atoms with Crippen LogP contribution in [0.3, 0.4) is 0 Å². The molecule has 4 heterocycles. The number of pyridine rings is 1. The summed E-state index contributed by atoms with van der Waals surface area (Å²) in [7, 11) is 7.22. The van der Waals surface area contributed by atoms with Gasteiger partial charge >= 0.3 is 12.1 Å². The van der Waals surface area contributed by atoms with Crippen molar-refractivity contribution in [3.8, 4) is 0 Å². The number of para-hydroxylation sites is 1. The number of ketones is 2. The largest absolute Gasteiger partial charge is 0.457 e. The highest BCUT2D eigenvalue weighted by Crippen LogP contribution is 2.44. The molecule has 1 amide bonds. The van der Waals surface area contributed by atoms with Gasteiger partial charge in [-0.25, -0.2) is 4.79 Å². The molecule has 1 aromatic heterocycles. The summed E-state index contributed by atoms with van der Waals surface area (Å²) in [5, 5.41) is 12.5. The van der Waals surface area contributed by atoms with Gasteiger partial charge in [-0.1, -0.05) is 52.8 Å². The number of rotatable bonds is 11. The maximum atomic E-state index is 14.9. The minimum atomic E-state index is -1.38. The molecule has 1 unspecified atom stereocenters. The highest BCUT2D eigenvalue weighted by atomic mass is 16.7. The Morgan fingerprint density at radius 3 is 2.34 bits per heavy atom. The van der Waals surface area contributed by atoms with E-state index in [0.29, 0.717) is 19.5 Å². The van der Waals surface area contributed by atoms with Crippen LogP contribution in [0.1, 0.15) is 86.6 Å². The number of amides is 1. The quantitative estimate of drug-likeness (QED) is 0.232. The van der Waals surface area contributed by atoms with Crippen molar-refractivity contribution in [2.45, 2.75) is 142 Å². The molecule has 3 aliphatic rings. The fraction of sp³-hybridized carbons (Fsp3) is 0.711. The molecule has 3 aliphatic heterocycles. The predicted molar refractivity (Wildman–Crippen MR) is 222 cm³/mol. The first-order chi connectivity index (χ1) is 27.8. The van der Waals surface area contributed by atoms with Crippen molar-refractivity contribution in [2.75, 3.05) is 41.3 Å². The highest BCUT2D eigenvalue weighted by molar-refractivity contribution is 6.00. The van der Waals surface area contributed by atoms with Crippen LogP contribution in [0.15, 0.2) is 36.5 Å². The topological polar surface area (TPSA) is 157 Å². The second-order valence-corrected chi connectivity index (χ2v) is 17.8. The third kappa shape index (κ3) is 9.53. The van der Waals surface area contributed by atoms with Crippen LogP contribution in [0.4, 0.5) is 4.79 Å². The zero-order valence-electron chi connectivity index (χ0n) is 37.2. The molecule has 0 aliphatic carbocycles. The first-order valence-corrected chi connectivity index (χ1v) is 21.3. The van der Waals surface area contributed by atoms with E-state index < -0.39 is 83.4 Å². The molecule has 14 nitrogen and oxygen atoms in total. The van der Waals surface area contributed by atoms with Gasteiger partial charge in [-0.05, 0) is 85.3 Å². The van der Waals surface area contributed by atoms with Crippen LogP contribution in [-0.4, -0.2) is 144 Å². The number of cyclic esters (lactones) is 1. The molecule has 3 fully saturated rings. The van der Waals surface area contributed by atoms with Gasteiger partial charge in [0.15, 0.2) is 17.7 Å². The van der Waals surface area contributed by atoms with Crippen molar-refractivity contribution in [3.05, 3.63) is 42.1 Å². The van der Waals surface area contributed by atoms with Crippen molar-refractivity contribution < 1.29 is 48.0 Å². The Morgan fingerprint density at radius 2 is 1.69 bits per heavy atom. The molecule has 14 heteroatoms. The predicted octanol–water partition coefficient (Wildman–Crippen LogP) is 5.26. The summed E-state index contributed by atoms with van der Waals surface area (Å²) in [4.78, 5) is 67.7. The Bertz CT molecular complexity index is 1810. The van der Waals surface area contributed by atoms with Gasteiger partial charge in [0.1, 0.15) is 23.9 Å². The number of aromatic nitrogens is 1. The van der Waals surface area contributed by atoms with Crippen LogP contribution >= 0.6 is 0 Å². The van der Waals surface area contributed by atoms with Crippen molar-refractivity contribution in [2.24, 2.45) is 23.7 Å². The molecular weight excluding hydrogens is 757 g/mol. The third-order valence-corrected chi connectivity index (χ3v) is 13.3. The second kappa shape index (κ2) is 19.0. The molecule has 0 spiro atoms. The molecule has 2 aromatic rings. The number of esters is 1. The van der Waals surface area contributed by atoms with Crippen LogP contribution in [0.5, 0.6) is 0 Å². The van der Waals surface area contributed by atoms with Crippen LogP contribution < -0.4 is 0 Å². The van der Waals surface area contributed by atoms with E-state index in [2.05, 4.69) is 16.0 Å². The number of hydrogen-bond acceptors (Lipinski definition) is 13. The Kier molecular flexibility index (Phi) is 15.0. The lowest BCUT2D eigenvalue weighted by Gasteiger charge is -2.47. The van der Waals surface area contributed by atoms with Crippen LogP contribution in [-0.2, 0) is 44.6 Å². The van der Waals surface area contributed by atoms with Gasteiger partial charge in [-0.15, -0.1) is 0 Å². The van der Waals surface area contributed by atoms with Gasteiger partial charge in [-0.3, -0.25) is 24.3 Å². The van der Waals surface area contributed by atoms with Gasteiger partial charge in [0.25, 0.3) is 0 Å². The molecule has 1 aromatic carbocycles. The first-order valence-electron chi connectivity index (χ1n) is 21.3. The summed E-state index contributed by atoms with van der Waals surface area (Å²) >= 11 is 0. The number of methoxy groups -OCH3 is 1. The molecule has 3 saturated heterocycles. The van der Waals surface area contributed by atoms with E-state index in [-0.39, 0.29) is 43.7 Å². The third-order valence-electron chi connectivity index (χ3n) is 13.3. The van der Waals surface area contributed by atoms with Gasteiger partial charge < -0.3 is 38.6 Å². The molecular formula is C45H68N4O10. The van der Waals surface area contributed by atoms with E-state index in [9.17, 15) is 24.3 Å². The number of Topliss-reactive ketones (excluding diaryl/α,β-unsaturated/α-hetero) is 2. The van der Waals surface area contributed by atoms with E-state index in [1.165, 1.54) is 14.0 Å². The van der Waals surface area contributed by atoms with Gasteiger partial charge in [0, 0.05) is 62.1 Å². The van der Waals surface area contributed by atoms with E-state index in [4.69, 9.17) is 23.7 Å². The lowest BCUT2D eigenvalue weighted by molar-refractivity contribution is -0.295. The summed E-state index contributed by atoms with van der Waals surface area (Å²) in [6, 6.07) is 8.95. The number of carbonyl (C=O) groups is 4. The van der Waals surface area contributed by atoms with Gasteiger partial charge in [0.2, 0.25) is 0 Å². The van der Waals surface area contributed by atoms with Crippen LogP contribution in [0.25, 0.3) is 10.9 Å². The molecule has 0 saturated carbocycles. The fourth-order valence-corrected chi connectivity index (χ4v) is 9.87. The first kappa shape index (κ1) is 46.5. The zero-order valence-corrected chi connectivity index (χ0v) is 37.2. The molecule has 59 heavy (non-hydrogen) atoms. The average molecular weight is 825 g/mol. The number of nitrogens with zero attached hydrogens (tertiary/aromatic N) is 4.